The highest BCUT2D eigenvalue weighted by Crippen LogP contribution is 2.16. The molecule has 10 heteroatoms. The fourth-order valence-corrected chi connectivity index (χ4v) is 3.65. The van der Waals surface area contributed by atoms with E-state index in [1.807, 2.05) is 42.5 Å². The van der Waals surface area contributed by atoms with E-state index in [0.29, 0.717) is 90.4 Å². The highest BCUT2D eigenvalue weighted by Gasteiger charge is 2.08. The molecule has 0 spiro atoms. The van der Waals surface area contributed by atoms with Gasteiger partial charge in [0.2, 0.25) is 0 Å². The van der Waals surface area contributed by atoms with E-state index in [0.717, 1.165) is 10.8 Å². The van der Waals surface area contributed by atoms with Crippen LogP contribution in [-0.2, 0) is 37.9 Å². The molecule has 3 aromatic carbocycles. The molecule has 228 valence electrons. The fraction of sp³-hybridized carbons (Fsp3) is 0.438. The molecule has 0 fully saturated rings. The number of benzene rings is 3. The maximum absolute atomic E-state index is 12.2. The third-order valence-corrected chi connectivity index (χ3v) is 5.78. The molecule has 0 saturated heterocycles. The van der Waals surface area contributed by atoms with Crippen molar-refractivity contribution in [2.45, 2.75) is 0 Å². The van der Waals surface area contributed by atoms with Crippen molar-refractivity contribution in [3.8, 4) is 0 Å². The first-order chi connectivity index (χ1) is 20.7. The van der Waals surface area contributed by atoms with E-state index in [1.54, 1.807) is 30.3 Å². The number of carbonyl (C=O) groups is 2. The Balaban J connectivity index is 0.996. The normalized spacial score (nSPS) is 11.0. The van der Waals surface area contributed by atoms with E-state index in [9.17, 15) is 9.59 Å². The number of rotatable bonds is 23. The van der Waals surface area contributed by atoms with Crippen molar-refractivity contribution >= 4 is 22.7 Å². The summed E-state index contributed by atoms with van der Waals surface area (Å²) < 4.78 is 43.0. The minimum Gasteiger partial charge on any atom is -0.460 e. The molecule has 10 nitrogen and oxygen atoms in total. The van der Waals surface area contributed by atoms with Crippen LogP contribution in [0.5, 0.6) is 0 Å². The predicted octanol–water partition coefficient (Wildman–Crippen LogP) is 3.95. The van der Waals surface area contributed by atoms with Gasteiger partial charge in [-0.3, -0.25) is 0 Å². The lowest BCUT2D eigenvalue weighted by Gasteiger charge is -2.09. The number of hydrogen-bond acceptors (Lipinski definition) is 10. The number of fused-ring (bicyclic) bond motifs is 1. The Morgan fingerprint density at radius 2 is 0.762 bits per heavy atom. The van der Waals surface area contributed by atoms with Gasteiger partial charge in [0.1, 0.15) is 13.2 Å². The highest BCUT2D eigenvalue weighted by molar-refractivity contribution is 5.95. The number of esters is 2. The molecule has 0 aliphatic rings. The van der Waals surface area contributed by atoms with Gasteiger partial charge in [-0.2, -0.15) is 0 Å². The molecule has 3 rings (SSSR count). The lowest BCUT2D eigenvalue weighted by atomic mass is 10.1. The van der Waals surface area contributed by atoms with Gasteiger partial charge in [0.05, 0.1) is 90.4 Å². The first-order valence-electron chi connectivity index (χ1n) is 14.1. The van der Waals surface area contributed by atoms with Crippen molar-refractivity contribution in [3.05, 3.63) is 83.9 Å². The van der Waals surface area contributed by atoms with E-state index in [1.165, 1.54) is 0 Å². The fourth-order valence-electron chi connectivity index (χ4n) is 3.65. The summed E-state index contributed by atoms with van der Waals surface area (Å²) in [5, 5.41) is 2.08. The van der Waals surface area contributed by atoms with E-state index in [4.69, 9.17) is 37.9 Å². The van der Waals surface area contributed by atoms with Gasteiger partial charge in [0, 0.05) is 0 Å². The molecular weight excluding hydrogens is 544 g/mol. The Labute approximate surface area is 246 Å². The number of hydrogen-bond donors (Lipinski definition) is 0. The lowest BCUT2D eigenvalue weighted by molar-refractivity contribution is -0.0213. The zero-order valence-electron chi connectivity index (χ0n) is 23.9. The topological polar surface area (TPSA) is 108 Å². The summed E-state index contributed by atoms with van der Waals surface area (Å²) in [6, 6.07) is 22.2. The molecule has 42 heavy (non-hydrogen) atoms. The van der Waals surface area contributed by atoms with Crippen LogP contribution in [0.2, 0.25) is 0 Å². The van der Waals surface area contributed by atoms with E-state index in [2.05, 4.69) is 0 Å². The first-order valence-corrected chi connectivity index (χ1v) is 14.1. The molecule has 0 N–H and O–H groups in total. The van der Waals surface area contributed by atoms with Crippen molar-refractivity contribution in [2.75, 3.05) is 92.5 Å². The molecule has 0 atom stereocenters. The summed E-state index contributed by atoms with van der Waals surface area (Å²) >= 11 is 0. The van der Waals surface area contributed by atoms with Gasteiger partial charge in [-0.1, -0.05) is 48.5 Å². The van der Waals surface area contributed by atoms with Crippen molar-refractivity contribution in [3.63, 3.8) is 0 Å². The summed E-state index contributed by atoms with van der Waals surface area (Å²) in [5.41, 5.74) is 1.04. The van der Waals surface area contributed by atoms with E-state index >= 15 is 0 Å². The minimum absolute atomic E-state index is 0.182. The SMILES string of the molecule is O=C(OCCOCCOCCOCCOCCOCCOCCOC(=O)c1ccc2ccccc2c1)c1ccccc1. The molecule has 0 unspecified atom stereocenters. The molecule has 0 heterocycles. The second-order valence-corrected chi connectivity index (χ2v) is 8.87. The molecule has 0 aliphatic carbocycles. The second-order valence-electron chi connectivity index (χ2n) is 8.87. The average molecular weight is 585 g/mol. The maximum Gasteiger partial charge on any atom is 0.338 e. The van der Waals surface area contributed by atoms with Gasteiger partial charge in [-0.05, 0) is 35.0 Å². The molecule has 0 aromatic heterocycles. The zero-order valence-corrected chi connectivity index (χ0v) is 23.9. The highest BCUT2D eigenvalue weighted by atomic mass is 16.6. The van der Waals surface area contributed by atoms with Crippen molar-refractivity contribution < 1.29 is 47.5 Å². The maximum atomic E-state index is 12.2. The summed E-state index contributed by atoms with van der Waals surface area (Å²) in [5.74, 6) is -0.725. The quantitative estimate of drug-likeness (QED) is 0.120. The summed E-state index contributed by atoms with van der Waals surface area (Å²) in [6.07, 6.45) is 0. The summed E-state index contributed by atoms with van der Waals surface area (Å²) in [4.78, 5) is 24.0. The molecule has 0 saturated carbocycles. The van der Waals surface area contributed by atoms with Crippen LogP contribution in [0, 0.1) is 0 Å². The molecule has 0 amide bonds. The molecular formula is C32H40O10. The monoisotopic (exact) mass is 584 g/mol. The van der Waals surface area contributed by atoms with Crippen LogP contribution in [0.15, 0.2) is 72.8 Å². The largest absolute Gasteiger partial charge is 0.460 e. The average Bonchev–Trinajstić information content (AvgIpc) is 3.03. The Bertz CT molecular complexity index is 1150. The molecule has 0 aliphatic heterocycles. The van der Waals surface area contributed by atoms with Gasteiger partial charge >= 0.3 is 11.9 Å². The predicted molar refractivity (Wildman–Crippen MR) is 156 cm³/mol. The van der Waals surface area contributed by atoms with Gasteiger partial charge in [0.25, 0.3) is 0 Å². The number of ether oxygens (including phenoxy) is 8. The second kappa shape index (κ2) is 21.3. The molecule has 3 aromatic rings. The van der Waals surface area contributed by atoms with Crippen LogP contribution in [-0.4, -0.2) is 104 Å². The summed E-state index contributed by atoms with van der Waals surface area (Å²) in [7, 11) is 0. The van der Waals surface area contributed by atoms with Crippen molar-refractivity contribution in [1.82, 2.24) is 0 Å². The van der Waals surface area contributed by atoms with Crippen LogP contribution in [0.25, 0.3) is 10.8 Å². The number of carbonyl (C=O) groups excluding carboxylic acids is 2. The lowest BCUT2D eigenvalue weighted by Crippen LogP contribution is -2.15. The van der Waals surface area contributed by atoms with Crippen LogP contribution in [0.4, 0.5) is 0 Å². The van der Waals surface area contributed by atoms with Crippen LogP contribution < -0.4 is 0 Å². The third kappa shape index (κ3) is 14.0. The van der Waals surface area contributed by atoms with Crippen molar-refractivity contribution in [1.29, 1.82) is 0 Å². The third-order valence-electron chi connectivity index (χ3n) is 5.78. The van der Waals surface area contributed by atoms with E-state index in [-0.39, 0.29) is 25.2 Å². The Morgan fingerprint density at radius 3 is 1.24 bits per heavy atom. The standard InChI is InChI=1S/C32H40O10/c33-31(28-7-2-1-3-8-28)41-24-22-39-20-18-37-16-14-35-12-13-36-15-17-38-19-21-40-23-25-42-32(34)30-11-10-27-6-4-5-9-29(27)26-30/h1-11,26H,12-25H2. The van der Waals surface area contributed by atoms with Crippen LogP contribution in [0.1, 0.15) is 20.7 Å². The minimum atomic E-state index is -0.364. The van der Waals surface area contributed by atoms with Crippen LogP contribution >= 0.6 is 0 Å². The van der Waals surface area contributed by atoms with E-state index < -0.39 is 0 Å². The summed E-state index contributed by atoms with van der Waals surface area (Å²) in [6.45, 7) is 5.45. The Hall–Kier alpha value is -3.38. The smallest absolute Gasteiger partial charge is 0.338 e. The Morgan fingerprint density at radius 1 is 0.381 bits per heavy atom. The van der Waals surface area contributed by atoms with Gasteiger partial charge in [-0.25, -0.2) is 9.59 Å². The molecule has 0 radical (unpaired) electrons. The zero-order chi connectivity index (χ0) is 29.5. The van der Waals surface area contributed by atoms with Gasteiger partial charge < -0.3 is 37.9 Å². The van der Waals surface area contributed by atoms with Gasteiger partial charge in [0.15, 0.2) is 0 Å². The Kier molecular flexibility index (Phi) is 16.8. The first kappa shape index (κ1) is 33.1. The van der Waals surface area contributed by atoms with Crippen molar-refractivity contribution in [2.24, 2.45) is 0 Å². The van der Waals surface area contributed by atoms with Crippen LogP contribution in [0.3, 0.4) is 0 Å². The molecule has 0 bridgehead atoms. The van der Waals surface area contributed by atoms with Gasteiger partial charge in [-0.15, -0.1) is 0 Å².